The molecule has 4 N–H and O–H groups in total. The number of hydrogen-bond acceptors (Lipinski definition) is 5. The molecule has 7 heteroatoms. The largest absolute Gasteiger partial charge is 0.445 e. The first kappa shape index (κ1) is 8.88. The number of rotatable bonds is 2. The van der Waals surface area contributed by atoms with Crippen molar-refractivity contribution in [1.82, 2.24) is 4.98 Å². The van der Waals surface area contributed by atoms with Crippen molar-refractivity contribution in [2.45, 2.75) is 6.54 Å². The van der Waals surface area contributed by atoms with Gasteiger partial charge in [-0.2, -0.15) is 4.98 Å². The van der Waals surface area contributed by atoms with Crippen molar-refractivity contribution in [2.24, 2.45) is 11.5 Å². The predicted molar refractivity (Wildman–Crippen MR) is 45.4 cm³/mol. The van der Waals surface area contributed by atoms with E-state index in [-0.39, 0.29) is 12.4 Å². The van der Waals surface area contributed by atoms with Crippen molar-refractivity contribution in [1.29, 1.82) is 0 Å². The van der Waals surface area contributed by atoms with E-state index in [2.05, 4.69) is 17.8 Å². The third kappa shape index (κ3) is 1.69. The fourth-order valence-corrected chi connectivity index (χ4v) is 0.697. The van der Waals surface area contributed by atoms with Crippen LogP contribution in [-0.2, 0) is 6.54 Å². The number of anilines is 1. The number of oxazole rings is 1. The molecule has 1 aromatic heterocycles. The molecule has 0 unspecified atom stereocenters. The highest BCUT2D eigenvalue weighted by Gasteiger charge is 2.12. The molecule has 0 bridgehead atoms. The lowest BCUT2D eigenvalue weighted by atomic mass is 10.7. The molecule has 0 aromatic carbocycles. The molecule has 0 saturated heterocycles. The zero-order valence-electron chi connectivity index (χ0n) is 6.10. The molecule has 0 spiro atoms. The Morgan fingerprint density at radius 2 is 2.50 bits per heavy atom. The number of thiol groups is 1. The Morgan fingerprint density at radius 1 is 1.83 bits per heavy atom. The highest BCUT2D eigenvalue weighted by Crippen LogP contribution is 2.14. The van der Waals surface area contributed by atoms with Crippen LogP contribution in [0.5, 0.6) is 0 Å². The molecule has 0 aliphatic rings. The molecule has 6 nitrogen and oxygen atoms in total. The molecule has 0 atom stereocenters. The minimum atomic E-state index is -0.727. The molecule has 1 rings (SSSR count). The summed E-state index contributed by atoms with van der Waals surface area (Å²) >= 11 is 3.76. The Morgan fingerprint density at radius 3 is 2.92 bits per heavy atom. The summed E-state index contributed by atoms with van der Waals surface area (Å²) in [5.74, 6) is 0.552. The molecule has 66 valence electrons. The van der Waals surface area contributed by atoms with E-state index in [9.17, 15) is 4.79 Å². The highest BCUT2D eigenvalue weighted by molar-refractivity contribution is 7.82. The Balaban J connectivity index is 2.81. The number of carbonyl (C=O) groups excluding carboxylic acids is 1. The number of aromatic nitrogens is 1. The lowest BCUT2D eigenvalue weighted by Gasteiger charge is -2.05. The van der Waals surface area contributed by atoms with Gasteiger partial charge in [0.25, 0.3) is 0 Å². The molecule has 1 heterocycles. The van der Waals surface area contributed by atoms with E-state index in [0.717, 1.165) is 4.31 Å². The maximum atomic E-state index is 10.6. The van der Waals surface area contributed by atoms with E-state index in [1.54, 1.807) is 0 Å². The van der Waals surface area contributed by atoms with E-state index in [1.807, 2.05) is 0 Å². The van der Waals surface area contributed by atoms with Crippen LogP contribution in [-0.4, -0.2) is 11.0 Å². The first-order valence-corrected chi connectivity index (χ1v) is 3.48. The number of urea groups is 1. The van der Waals surface area contributed by atoms with Crippen molar-refractivity contribution < 1.29 is 9.21 Å². The van der Waals surface area contributed by atoms with Crippen molar-refractivity contribution >= 4 is 24.7 Å². The molecule has 0 aliphatic heterocycles. The van der Waals surface area contributed by atoms with Crippen LogP contribution in [0.25, 0.3) is 0 Å². The monoisotopic (exact) mass is 188 g/mol. The van der Waals surface area contributed by atoms with Gasteiger partial charge in [0.1, 0.15) is 6.26 Å². The van der Waals surface area contributed by atoms with Crippen LogP contribution in [0.15, 0.2) is 10.7 Å². The quantitative estimate of drug-likeness (QED) is 0.563. The van der Waals surface area contributed by atoms with Crippen LogP contribution >= 0.6 is 12.8 Å². The summed E-state index contributed by atoms with van der Waals surface area (Å²) in [6.45, 7) is 0.167. The van der Waals surface area contributed by atoms with Gasteiger partial charge in [-0.1, -0.05) is 12.8 Å². The van der Waals surface area contributed by atoms with Crippen LogP contribution in [0, 0.1) is 0 Å². The van der Waals surface area contributed by atoms with E-state index >= 15 is 0 Å². The number of carbonyl (C=O) groups is 1. The molecule has 0 fully saturated rings. The third-order valence-corrected chi connectivity index (χ3v) is 1.54. The Labute approximate surface area is 74.1 Å². The van der Waals surface area contributed by atoms with Gasteiger partial charge < -0.3 is 15.9 Å². The SMILES string of the molecule is NCc1nc(N(S)C(N)=O)co1. The van der Waals surface area contributed by atoms with Gasteiger partial charge in [-0.15, -0.1) is 0 Å². The summed E-state index contributed by atoms with van der Waals surface area (Å²) in [6.07, 6.45) is 1.25. The van der Waals surface area contributed by atoms with Gasteiger partial charge in [0, 0.05) is 0 Å². The molecule has 0 aliphatic carbocycles. The Bertz CT molecular complexity index is 287. The van der Waals surface area contributed by atoms with Gasteiger partial charge in [0.2, 0.25) is 5.89 Å². The van der Waals surface area contributed by atoms with Crippen LogP contribution < -0.4 is 15.8 Å². The minimum absolute atomic E-state index is 0.167. The summed E-state index contributed by atoms with van der Waals surface area (Å²) in [5.41, 5.74) is 10.1. The smallest absolute Gasteiger partial charge is 0.330 e. The maximum Gasteiger partial charge on any atom is 0.330 e. The average Bonchev–Trinajstić information content (AvgIpc) is 2.50. The minimum Gasteiger partial charge on any atom is -0.445 e. The van der Waals surface area contributed by atoms with Crippen molar-refractivity contribution in [3.05, 3.63) is 12.2 Å². The molecular formula is C5H8N4O2S. The lowest BCUT2D eigenvalue weighted by Crippen LogP contribution is -2.27. The van der Waals surface area contributed by atoms with Crippen LogP contribution in [0.3, 0.4) is 0 Å². The molecular weight excluding hydrogens is 180 g/mol. The molecule has 0 saturated carbocycles. The number of hydrogen-bond donors (Lipinski definition) is 3. The van der Waals surface area contributed by atoms with Gasteiger partial charge in [-0.25, -0.2) is 9.10 Å². The fraction of sp³-hybridized carbons (Fsp3) is 0.200. The summed E-state index contributed by atoms with van der Waals surface area (Å²) in [5, 5.41) is 0. The lowest BCUT2D eigenvalue weighted by molar-refractivity contribution is 0.257. The zero-order valence-corrected chi connectivity index (χ0v) is 6.99. The molecule has 2 amide bonds. The average molecular weight is 188 g/mol. The summed E-state index contributed by atoms with van der Waals surface area (Å²) in [6, 6.07) is -0.727. The normalized spacial score (nSPS) is 9.83. The van der Waals surface area contributed by atoms with Crippen LogP contribution in [0.2, 0.25) is 0 Å². The summed E-state index contributed by atoms with van der Waals surface area (Å²) in [4.78, 5) is 14.4. The van der Waals surface area contributed by atoms with Crippen molar-refractivity contribution in [3.8, 4) is 0 Å². The summed E-state index contributed by atoms with van der Waals surface area (Å²) in [7, 11) is 0. The second-order valence-electron chi connectivity index (χ2n) is 1.95. The Kier molecular flexibility index (Phi) is 2.56. The van der Waals surface area contributed by atoms with Gasteiger partial charge in [-0.05, 0) is 0 Å². The number of nitrogens with zero attached hydrogens (tertiary/aromatic N) is 2. The van der Waals surface area contributed by atoms with Gasteiger partial charge in [-0.3, -0.25) is 0 Å². The standard InChI is InChI=1S/C5H8N4O2S/c6-1-4-8-3(2-11-4)9(12)5(7)10/h2,12H,1,6H2,(H2,7,10). The second-order valence-corrected chi connectivity index (χ2v) is 2.35. The first-order chi connectivity index (χ1) is 5.65. The zero-order chi connectivity index (χ0) is 9.14. The van der Waals surface area contributed by atoms with Crippen molar-refractivity contribution in [3.63, 3.8) is 0 Å². The van der Waals surface area contributed by atoms with E-state index in [0.29, 0.717) is 5.89 Å². The van der Waals surface area contributed by atoms with E-state index in [1.165, 1.54) is 6.26 Å². The first-order valence-electron chi connectivity index (χ1n) is 3.08. The second kappa shape index (κ2) is 3.46. The Hall–Kier alpha value is -1.21. The van der Waals surface area contributed by atoms with E-state index < -0.39 is 6.03 Å². The van der Waals surface area contributed by atoms with Crippen LogP contribution in [0.1, 0.15) is 5.89 Å². The van der Waals surface area contributed by atoms with E-state index in [4.69, 9.17) is 15.9 Å². The summed E-state index contributed by atoms with van der Waals surface area (Å²) < 4.78 is 5.71. The predicted octanol–water partition coefficient (Wildman–Crippen LogP) is -0.137. The molecule has 1 aromatic rings. The number of amides is 2. The van der Waals surface area contributed by atoms with Gasteiger partial charge >= 0.3 is 6.03 Å². The maximum absolute atomic E-state index is 10.6. The van der Waals surface area contributed by atoms with Gasteiger partial charge in [0.15, 0.2) is 5.82 Å². The van der Waals surface area contributed by atoms with Crippen LogP contribution in [0.4, 0.5) is 10.6 Å². The molecule has 12 heavy (non-hydrogen) atoms. The fourth-order valence-electron chi connectivity index (χ4n) is 0.605. The highest BCUT2D eigenvalue weighted by atomic mass is 32.1. The number of nitrogens with two attached hydrogens (primary N) is 2. The van der Waals surface area contributed by atoms with Crippen molar-refractivity contribution in [2.75, 3.05) is 4.31 Å². The number of primary amides is 1. The topological polar surface area (TPSA) is 98.4 Å². The van der Waals surface area contributed by atoms with Gasteiger partial charge in [0.05, 0.1) is 6.54 Å². The molecule has 0 radical (unpaired) electrons. The third-order valence-electron chi connectivity index (χ3n) is 1.14.